The minimum absolute atomic E-state index is 0.662. The van der Waals surface area contributed by atoms with Crippen LogP contribution in [0.25, 0.3) is 0 Å². The fraction of sp³-hybridized carbons (Fsp3) is 0.300. The minimum Gasteiger partial charge on any atom is -0.375 e. The molecule has 0 saturated heterocycles. The minimum atomic E-state index is 0.662. The summed E-state index contributed by atoms with van der Waals surface area (Å²) in [7, 11) is 0. The van der Waals surface area contributed by atoms with Crippen molar-refractivity contribution in [1.82, 2.24) is 15.0 Å². The van der Waals surface area contributed by atoms with Gasteiger partial charge < -0.3 is 10.6 Å². The molecule has 6 heteroatoms. The molecule has 0 spiro atoms. The van der Waals surface area contributed by atoms with Gasteiger partial charge in [-0.2, -0.15) is 0 Å². The van der Waals surface area contributed by atoms with Gasteiger partial charge in [-0.3, -0.25) is 0 Å². The normalized spacial score (nSPS) is 14.9. The Morgan fingerprint density at radius 2 is 2.38 bits per heavy atom. The highest BCUT2D eigenvalue weighted by Gasteiger charge is 2.20. The second-order valence-corrected chi connectivity index (χ2v) is 4.78. The van der Waals surface area contributed by atoms with Crippen LogP contribution in [0, 0.1) is 0 Å². The van der Waals surface area contributed by atoms with Gasteiger partial charge >= 0.3 is 0 Å². The summed E-state index contributed by atoms with van der Waals surface area (Å²) in [4.78, 5) is 16.0. The van der Waals surface area contributed by atoms with Crippen LogP contribution in [-0.2, 0) is 13.0 Å². The number of nitrogens with zero attached hydrogens (tertiary/aromatic N) is 4. The van der Waals surface area contributed by atoms with Crippen molar-refractivity contribution in [3.63, 3.8) is 0 Å². The lowest BCUT2D eigenvalue weighted by Gasteiger charge is -2.26. The van der Waals surface area contributed by atoms with Crippen LogP contribution in [0.3, 0.4) is 0 Å². The van der Waals surface area contributed by atoms with E-state index in [9.17, 15) is 0 Å². The van der Waals surface area contributed by atoms with Crippen molar-refractivity contribution < 1.29 is 0 Å². The van der Waals surface area contributed by atoms with Gasteiger partial charge in [-0.1, -0.05) is 0 Å². The van der Waals surface area contributed by atoms with Crippen LogP contribution in [0.1, 0.15) is 10.6 Å². The van der Waals surface area contributed by atoms with Gasteiger partial charge in [0, 0.05) is 24.0 Å². The molecule has 0 atom stereocenters. The van der Waals surface area contributed by atoms with Crippen LogP contribution in [0.5, 0.6) is 0 Å². The molecule has 0 aromatic carbocycles. The zero-order valence-corrected chi connectivity index (χ0v) is 9.44. The van der Waals surface area contributed by atoms with Gasteiger partial charge in [-0.05, 0) is 6.07 Å². The molecule has 82 valence electrons. The Labute approximate surface area is 97.0 Å². The maximum absolute atomic E-state index is 5.71. The van der Waals surface area contributed by atoms with Crippen molar-refractivity contribution in [1.29, 1.82) is 0 Å². The molecule has 0 saturated carbocycles. The van der Waals surface area contributed by atoms with E-state index in [1.807, 2.05) is 6.07 Å². The van der Waals surface area contributed by atoms with Crippen molar-refractivity contribution in [2.45, 2.75) is 13.0 Å². The predicted molar refractivity (Wildman–Crippen MR) is 63.3 cm³/mol. The molecule has 5 nitrogen and oxygen atoms in total. The lowest BCUT2D eigenvalue weighted by molar-refractivity contribution is 0.717. The fourth-order valence-electron chi connectivity index (χ4n) is 1.88. The maximum Gasteiger partial charge on any atom is 0.180 e. The molecule has 3 heterocycles. The molecule has 1 aliphatic rings. The highest BCUT2D eigenvalue weighted by atomic mass is 32.1. The molecule has 1 aliphatic heterocycles. The highest BCUT2D eigenvalue weighted by molar-refractivity contribution is 7.15. The zero-order chi connectivity index (χ0) is 11.0. The summed E-state index contributed by atoms with van der Waals surface area (Å²) >= 11 is 1.57. The number of aromatic nitrogens is 3. The van der Waals surface area contributed by atoms with Crippen molar-refractivity contribution in [2.24, 2.45) is 0 Å². The van der Waals surface area contributed by atoms with E-state index in [-0.39, 0.29) is 0 Å². The van der Waals surface area contributed by atoms with Gasteiger partial charge in [-0.25, -0.2) is 15.0 Å². The topological polar surface area (TPSA) is 67.9 Å². The third-order valence-electron chi connectivity index (χ3n) is 2.64. The van der Waals surface area contributed by atoms with Crippen LogP contribution < -0.4 is 10.6 Å². The molecule has 0 bridgehead atoms. The van der Waals surface area contributed by atoms with Gasteiger partial charge in [0.25, 0.3) is 0 Å². The van der Waals surface area contributed by atoms with Crippen molar-refractivity contribution >= 4 is 22.3 Å². The molecular formula is C10H11N5S. The summed E-state index contributed by atoms with van der Waals surface area (Å²) in [6.45, 7) is 1.79. The Bertz CT molecular complexity index is 495. The van der Waals surface area contributed by atoms with E-state index in [1.54, 1.807) is 23.9 Å². The van der Waals surface area contributed by atoms with E-state index in [0.29, 0.717) is 5.13 Å². The number of anilines is 2. The van der Waals surface area contributed by atoms with Crippen LogP contribution in [-0.4, -0.2) is 21.5 Å². The number of fused-ring (bicyclic) bond motifs is 1. The van der Waals surface area contributed by atoms with E-state index in [2.05, 4.69) is 19.9 Å². The molecule has 0 aliphatic carbocycles. The second kappa shape index (κ2) is 3.71. The van der Waals surface area contributed by atoms with Crippen LogP contribution in [0.15, 0.2) is 18.6 Å². The third-order valence-corrected chi connectivity index (χ3v) is 3.55. The number of rotatable bonds is 1. The summed E-state index contributed by atoms with van der Waals surface area (Å²) in [6.07, 6.45) is 4.28. The van der Waals surface area contributed by atoms with Gasteiger partial charge in [-0.15, -0.1) is 11.3 Å². The Morgan fingerprint density at radius 1 is 1.44 bits per heavy atom. The van der Waals surface area contributed by atoms with Crippen molar-refractivity contribution in [3.05, 3.63) is 29.2 Å². The number of hydrogen-bond acceptors (Lipinski definition) is 6. The lowest BCUT2D eigenvalue weighted by Crippen LogP contribution is -2.30. The smallest absolute Gasteiger partial charge is 0.180 e. The molecule has 0 fully saturated rings. The lowest BCUT2D eigenvalue weighted by atomic mass is 10.2. The SMILES string of the molecule is Nc1nc2c(s1)CN(c1ccncn1)CC2. The van der Waals surface area contributed by atoms with E-state index in [0.717, 1.165) is 31.0 Å². The summed E-state index contributed by atoms with van der Waals surface area (Å²) in [5.74, 6) is 0.965. The molecule has 16 heavy (non-hydrogen) atoms. The first-order valence-corrected chi connectivity index (χ1v) is 5.89. The largest absolute Gasteiger partial charge is 0.375 e. The molecule has 2 aromatic heterocycles. The quantitative estimate of drug-likeness (QED) is 0.798. The standard InChI is InChI=1S/C10H11N5S/c11-10-14-7-2-4-15(5-8(7)16-10)9-1-3-12-6-13-9/h1,3,6H,2,4-5H2,(H2,11,14). The number of hydrogen-bond donors (Lipinski definition) is 1. The molecule has 2 N–H and O–H groups in total. The predicted octanol–water partition coefficient (Wildman–Crippen LogP) is 1.08. The van der Waals surface area contributed by atoms with Gasteiger partial charge in [0.05, 0.1) is 12.2 Å². The van der Waals surface area contributed by atoms with Crippen LogP contribution in [0.2, 0.25) is 0 Å². The van der Waals surface area contributed by atoms with Gasteiger partial charge in [0.1, 0.15) is 12.1 Å². The summed E-state index contributed by atoms with van der Waals surface area (Å²) in [5, 5.41) is 0.662. The summed E-state index contributed by atoms with van der Waals surface area (Å²) < 4.78 is 0. The summed E-state index contributed by atoms with van der Waals surface area (Å²) in [5.41, 5.74) is 6.85. The average molecular weight is 233 g/mol. The highest BCUT2D eigenvalue weighted by Crippen LogP contribution is 2.28. The van der Waals surface area contributed by atoms with Crippen molar-refractivity contribution in [3.8, 4) is 0 Å². The third kappa shape index (κ3) is 1.61. The Balaban J connectivity index is 1.88. The van der Waals surface area contributed by atoms with Gasteiger partial charge in [0.2, 0.25) is 0 Å². The molecule has 0 unspecified atom stereocenters. The van der Waals surface area contributed by atoms with E-state index in [1.165, 1.54) is 4.88 Å². The average Bonchev–Trinajstić information content (AvgIpc) is 2.69. The molecular weight excluding hydrogens is 222 g/mol. The fourth-order valence-corrected chi connectivity index (χ4v) is 2.78. The van der Waals surface area contributed by atoms with Gasteiger partial charge in [0.15, 0.2) is 5.13 Å². The summed E-state index contributed by atoms with van der Waals surface area (Å²) in [6, 6.07) is 1.93. The molecule has 3 rings (SSSR count). The maximum atomic E-state index is 5.71. The number of nitrogens with two attached hydrogens (primary N) is 1. The first-order valence-electron chi connectivity index (χ1n) is 5.08. The zero-order valence-electron chi connectivity index (χ0n) is 8.63. The number of nitrogen functional groups attached to an aromatic ring is 1. The van der Waals surface area contributed by atoms with E-state index in [4.69, 9.17) is 5.73 Å². The van der Waals surface area contributed by atoms with E-state index >= 15 is 0 Å². The monoisotopic (exact) mass is 233 g/mol. The Hall–Kier alpha value is -1.69. The van der Waals surface area contributed by atoms with Crippen molar-refractivity contribution in [2.75, 3.05) is 17.2 Å². The second-order valence-electron chi connectivity index (χ2n) is 3.66. The first-order chi connectivity index (χ1) is 7.83. The van der Waals surface area contributed by atoms with Crippen LogP contribution in [0.4, 0.5) is 10.9 Å². The Morgan fingerprint density at radius 3 is 3.19 bits per heavy atom. The molecule has 0 radical (unpaired) electrons. The number of thiazole rings is 1. The first kappa shape index (κ1) is 9.53. The Kier molecular flexibility index (Phi) is 2.21. The molecule has 2 aromatic rings. The van der Waals surface area contributed by atoms with E-state index < -0.39 is 0 Å². The molecule has 0 amide bonds. The van der Waals surface area contributed by atoms with Crippen LogP contribution >= 0.6 is 11.3 Å².